The first kappa shape index (κ1) is 15.6. The fourth-order valence-electron chi connectivity index (χ4n) is 3.66. The van der Waals surface area contributed by atoms with Crippen molar-refractivity contribution in [2.75, 3.05) is 0 Å². The van der Waals surface area contributed by atoms with Crippen molar-refractivity contribution in [1.29, 1.82) is 0 Å². The third-order valence-corrected chi connectivity index (χ3v) is 4.75. The first-order chi connectivity index (χ1) is 12.0. The van der Waals surface area contributed by atoms with E-state index in [2.05, 4.69) is 58.6 Å². The molecule has 0 aliphatic heterocycles. The number of nitrogens with zero attached hydrogens (tertiary/aromatic N) is 5. The van der Waals surface area contributed by atoms with E-state index in [4.69, 9.17) is 0 Å². The summed E-state index contributed by atoms with van der Waals surface area (Å²) in [6.45, 7) is 8.37. The summed E-state index contributed by atoms with van der Waals surface area (Å²) in [5.41, 5.74) is 7.83. The van der Waals surface area contributed by atoms with Crippen LogP contribution in [0, 0.1) is 27.7 Å². The second-order valence-electron chi connectivity index (χ2n) is 6.63. The van der Waals surface area contributed by atoms with E-state index in [9.17, 15) is 0 Å². The summed E-state index contributed by atoms with van der Waals surface area (Å²) in [7, 11) is 2.04. The van der Waals surface area contributed by atoms with Crippen molar-refractivity contribution >= 4 is 11.0 Å². The van der Waals surface area contributed by atoms with E-state index in [1.54, 1.807) is 6.33 Å². The van der Waals surface area contributed by atoms with Gasteiger partial charge >= 0.3 is 0 Å². The van der Waals surface area contributed by atoms with Crippen LogP contribution in [0.4, 0.5) is 0 Å². The first-order valence-corrected chi connectivity index (χ1v) is 8.38. The first-order valence-electron chi connectivity index (χ1n) is 8.38. The number of imidazole rings is 1. The maximum absolute atomic E-state index is 4.64. The van der Waals surface area contributed by atoms with Crippen LogP contribution in [0.5, 0.6) is 0 Å². The smallest absolute Gasteiger partial charge is 0.165 e. The lowest BCUT2D eigenvalue weighted by Gasteiger charge is -2.14. The zero-order valence-electron chi connectivity index (χ0n) is 15.2. The van der Waals surface area contributed by atoms with Crippen molar-refractivity contribution in [3.05, 3.63) is 59.2 Å². The van der Waals surface area contributed by atoms with E-state index < -0.39 is 0 Å². The molecule has 0 fully saturated rings. The maximum atomic E-state index is 4.64. The van der Waals surface area contributed by atoms with E-state index >= 15 is 0 Å². The van der Waals surface area contributed by atoms with Crippen LogP contribution in [0.1, 0.15) is 22.5 Å². The van der Waals surface area contributed by atoms with Crippen molar-refractivity contribution in [3.8, 4) is 17.1 Å². The number of hydrogen-bond donors (Lipinski definition) is 0. The predicted octanol–water partition coefficient (Wildman–Crippen LogP) is 4.05. The standard InChI is InChI=1S/C20H21N5/c1-12-9-13(2)18(14(3)10-12)25-20(21-11-22-25)16-7-6-8-17-19(16)24(5)15(4)23-17/h6-11H,1-5H3. The lowest BCUT2D eigenvalue weighted by atomic mass is 10.0. The monoisotopic (exact) mass is 331 g/mol. The molecule has 0 saturated heterocycles. The number of fused-ring (bicyclic) bond motifs is 1. The highest BCUT2D eigenvalue weighted by molar-refractivity contribution is 5.91. The Morgan fingerprint density at radius 1 is 0.960 bits per heavy atom. The summed E-state index contributed by atoms with van der Waals surface area (Å²) < 4.78 is 4.06. The van der Waals surface area contributed by atoms with Gasteiger partial charge in [-0.05, 0) is 51.0 Å². The zero-order valence-corrected chi connectivity index (χ0v) is 15.2. The molecule has 2 heterocycles. The Kier molecular flexibility index (Phi) is 3.46. The summed E-state index contributed by atoms with van der Waals surface area (Å²) >= 11 is 0. The Labute approximate surface area is 147 Å². The molecule has 5 heteroatoms. The van der Waals surface area contributed by atoms with Crippen LogP contribution < -0.4 is 0 Å². The number of aromatic nitrogens is 5. The van der Waals surface area contributed by atoms with Gasteiger partial charge in [-0.25, -0.2) is 14.6 Å². The lowest BCUT2D eigenvalue weighted by molar-refractivity contribution is 0.865. The number of rotatable bonds is 2. The van der Waals surface area contributed by atoms with Crippen LogP contribution in [0.15, 0.2) is 36.7 Å². The molecule has 0 amide bonds. The number of benzene rings is 2. The number of hydrogen-bond acceptors (Lipinski definition) is 3. The van der Waals surface area contributed by atoms with E-state index in [0.717, 1.165) is 33.9 Å². The molecule has 0 unspecified atom stereocenters. The van der Waals surface area contributed by atoms with Crippen LogP contribution in [-0.4, -0.2) is 24.3 Å². The SMILES string of the molecule is Cc1cc(C)c(-n2ncnc2-c2cccc3nc(C)n(C)c23)c(C)c1. The van der Waals surface area contributed by atoms with Crippen LogP contribution >= 0.6 is 0 Å². The average molecular weight is 331 g/mol. The molecule has 0 bridgehead atoms. The molecular weight excluding hydrogens is 310 g/mol. The molecule has 4 rings (SSSR count). The fourth-order valence-corrected chi connectivity index (χ4v) is 3.66. The quantitative estimate of drug-likeness (QED) is 0.556. The van der Waals surface area contributed by atoms with Crippen molar-refractivity contribution in [3.63, 3.8) is 0 Å². The third kappa shape index (κ3) is 2.35. The molecule has 126 valence electrons. The van der Waals surface area contributed by atoms with Gasteiger partial charge in [0, 0.05) is 12.6 Å². The van der Waals surface area contributed by atoms with Crippen molar-refractivity contribution < 1.29 is 0 Å². The molecule has 2 aromatic heterocycles. The average Bonchev–Trinajstić information content (AvgIpc) is 3.12. The van der Waals surface area contributed by atoms with Gasteiger partial charge in [0.1, 0.15) is 12.2 Å². The van der Waals surface area contributed by atoms with Gasteiger partial charge in [-0.3, -0.25) is 0 Å². The summed E-state index contributed by atoms with van der Waals surface area (Å²) in [6, 6.07) is 10.5. The van der Waals surface area contributed by atoms with Gasteiger partial charge in [0.2, 0.25) is 0 Å². The van der Waals surface area contributed by atoms with Gasteiger partial charge in [0.15, 0.2) is 5.82 Å². The zero-order chi connectivity index (χ0) is 17.7. The Morgan fingerprint density at radius 3 is 2.40 bits per heavy atom. The minimum Gasteiger partial charge on any atom is -0.331 e. The topological polar surface area (TPSA) is 48.5 Å². The molecule has 5 nitrogen and oxygen atoms in total. The number of para-hydroxylation sites is 1. The van der Waals surface area contributed by atoms with Gasteiger partial charge in [0.05, 0.1) is 16.7 Å². The van der Waals surface area contributed by atoms with E-state index in [1.807, 2.05) is 30.8 Å². The van der Waals surface area contributed by atoms with Crippen LogP contribution in [-0.2, 0) is 7.05 Å². The van der Waals surface area contributed by atoms with E-state index in [0.29, 0.717) is 0 Å². The van der Waals surface area contributed by atoms with Gasteiger partial charge in [-0.1, -0.05) is 23.8 Å². The highest BCUT2D eigenvalue weighted by atomic mass is 15.3. The van der Waals surface area contributed by atoms with Crippen molar-refractivity contribution in [1.82, 2.24) is 24.3 Å². The Hall–Kier alpha value is -2.95. The van der Waals surface area contributed by atoms with Gasteiger partial charge in [0.25, 0.3) is 0 Å². The minimum atomic E-state index is 0.837. The minimum absolute atomic E-state index is 0.837. The molecule has 0 spiro atoms. The largest absolute Gasteiger partial charge is 0.331 e. The summed E-state index contributed by atoms with van der Waals surface area (Å²) in [6.07, 6.45) is 1.62. The summed E-state index contributed by atoms with van der Waals surface area (Å²) in [4.78, 5) is 9.22. The second kappa shape index (κ2) is 5.55. The maximum Gasteiger partial charge on any atom is 0.165 e. The van der Waals surface area contributed by atoms with E-state index in [-0.39, 0.29) is 0 Å². The van der Waals surface area contributed by atoms with Crippen molar-refractivity contribution in [2.45, 2.75) is 27.7 Å². The summed E-state index contributed by atoms with van der Waals surface area (Å²) in [5, 5.41) is 4.53. The molecule has 0 radical (unpaired) electrons. The molecule has 0 saturated carbocycles. The fraction of sp³-hybridized carbons (Fsp3) is 0.250. The third-order valence-electron chi connectivity index (χ3n) is 4.75. The molecular formula is C20H21N5. The molecule has 4 aromatic rings. The Balaban J connectivity index is 2.02. The van der Waals surface area contributed by atoms with E-state index in [1.165, 1.54) is 16.7 Å². The normalized spacial score (nSPS) is 11.4. The summed E-state index contributed by atoms with van der Waals surface area (Å²) in [5.74, 6) is 1.82. The lowest BCUT2D eigenvalue weighted by Crippen LogP contribution is -2.05. The Bertz CT molecular complexity index is 1080. The Morgan fingerprint density at radius 2 is 1.68 bits per heavy atom. The second-order valence-corrected chi connectivity index (χ2v) is 6.63. The van der Waals surface area contributed by atoms with Crippen LogP contribution in [0.2, 0.25) is 0 Å². The molecule has 0 aliphatic rings. The molecule has 2 aromatic carbocycles. The van der Waals surface area contributed by atoms with Gasteiger partial charge in [-0.2, -0.15) is 5.10 Å². The van der Waals surface area contributed by atoms with Crippen LogP contribution in [0.3, 0.4) is 0 Å². The predicted molar refractivity (Wildman–Crippen MR) is 100 cm³/mol. The molecule has 0 N–H and O–H groups in total. The molecule has 0 aliphatic carbocycles. The number of aryl methyl sites for hydroxylation is 5. The molecule has 0 atom stereocenters. The van der Waals surface area contributed by atoms with Gasteiger partial charge < -0.3 is 4.57 Å². The molecule has 25 heavy (non-hydrogen) atoms. The van der Waals surface area contributed by atoms with Gasteiger partial charge in [-0.15, -0.1) is 0 Å². The van der Waals surface area contributed by atoms with Crippen LogP contribution in [0.25, 0.3) is 28.1 Å². The van der Waals surface area contributed by atoms with Crippen molar-refractivity contribution in [2.24, 2.45) is 7.05 Å². The highest BCUT2D eigenvalue weighted by Crippen LogP contribution is 2.30. The highest BCUT2D eigenvalue weighted by Gasteiger charge is 2.18.